The lowest BCUT2D eigenvalue weighted by atomic mass is 10.2. The van der Waals surface area contributed by atoms with Gasteiger partial charge in [0, 0.05) is 6.07 Å². The predicted molar refractivity (Wildman–Crippen MR) is 98.8 cm³/mol. The fourth-order valence-electron chi connectivity index (χ4n) is 1.99. The van der Waals surface area contributed by atoms with E-state index in [1.165, 1.54) is 32.2 Å². The molecule has 1 aromatic heterocycles. The van der Waals surface area contributed by atoms with Crippen molar-refractivity contribution in [3.05, 3.63) is 39.7 Å². The Labute approximate surface area is 158 Å². The van der Waals surface area contributed by atoms with Gasteiger partial charge in [-0.3, -0.25) is 9.59 Å². The van der Waals surface area contributed by atoms with E-state index in [1.54, 1.807) is 5.38 Å². The van der Waals surface area contributed by atoms with Crippen LogP contribution < -0.4 is 21.5 Å². The zero-order valence-electron chi connectivity index (χ0n) is 13.9. The summed E-state index contributed by atoms with van der Waals surface area (Å²) >= 11 is 7.04. The van der Waals surface area contributed by atoms with Crippen LogP contribution >= 0.6 is 22.9 Å². The van der Waals surface area contributed by atoms with Crippen molar-refractivity contribution in [3.63, 3.8) is 0 Å². The van der Waals surface area contributed by atoms with Crippen LogP contribution in [0.1, 0.15) is 27.6 Å². The van der Waals surface area contributed by atoms with Crippen molar-refractivity contribution in [2.75, 3.05) is 18.2 Å². The average molecular weight is 398 g/mol. The van der Waals surface area contributed by atoms with Gasteiger partial charge >= 0.3 is 5.97 Å². The van der Waals surface area contributed by atoms with E-state index in [4.69, 9.17) is 32.5 Å². The summed E-state index contributed by atoms with van der Waals surface area (Å²) in [5, 5.41) is 4.54. The number of primary amides is 1. The first-order valence-corrected chi connectivity index (χ1v) is 8.52. The van der Waals surface area contributed by atoms with E-state index in [-0.39, 0.29) is 32.6 Å². The number of anilines is 2. The van der Waals surface area contributed by atoms with Crippen molar-refractivity contribution in [1.82, 2.24) is 0 Å². The van der Waals surface area contributed by atoms with Gasteiger partial charge in [0.15, 0.2) is 6.10 Å². The van der Waals surface area contributed by atoms with Crippen LogP contribution in [0.3, 0.4) is 0 Å². The van der Waals surface area contributed by atoms with Gasteiger partial charge in [0.2, 0.25) is 0 Å². The first-order chi connectivity index (χ1) is 12.2. The van der Waals surface area contributed by atoms with Crippen molar-refractivity contribution in [3.8, 4) is 5.75 Å². The molecule has 2 rings (SSSR count). The molecule has 0 spiro atoms. The van der Waals surface area contributed by atoms with Crippen LogP contribution in [0.5, 0.6) is 5.75 Å². The minimum absolute atomic E-state index is 0.0281. The van der Waals surface area contributed by atoms with Gasteiger partial charge in [-0.2, -0.15) is 0 Å². The van der Waals surface area contributed by atoms with E-state index < -0.39 is 23.9 Å². The summed E-state index contributed by atoms with van der Waals surface area (Å²) in [5.41, 5.74) is 11.3. The molecule has 0 bridgehead atoms. The number of methoxy groups -OCH3 is 1. The molecule has 1 heterocycles. The van der Waals surface area contributed by atoms with E-state index in [0.717, 1.165) is 11.3 Å². The second-order valence-electron chi connectivity index (χ2n) is 5.14. The summed E-state index contributed by atoms with van der Waals surface area (Å²) in [6, 6.07) is 4.17. The number of hydrogen-bond donors (Lipinski definition) is 3. The number of ether oxygens (including phenoxy) is 2. The molecule has 1 unspecified atom stereocenters. The van der Waals surface area contributed by atoms with Gasteiger partial charge in [0.05, 0.1) is 23.4 Å². The van der Waals surface area contributed by atoms with Crippen molar-refractivity contribution >= 4 is 51.4 Å². The SMILES string of the molecule is COc1cc(N)c(Cl)cc1C(=O)OC(C)C(=O)Nc1sccc1C(N)=O. The Morgan fingerprint density at radius 1 is 1.27 bits per heavy atom. The first-order valence-electron chi connectivity index (χ1n) is 7.26. The summed E-state index contributed by atoms with van der Waals surface area (Å²) in [5.74, 6) is -1.94. The van der Waals surface area contributed by atoms with Crippen LogP contribution in [0.2, 0.25) is 5.02 Å². The van der Waals surface area contributed by atoms with Crippen LogP contribution in [0.25, 0.3) is 0 Å². The molecule has 0 fully saturated rings. The molecule has 1 atom stereocenters. The molecule has 5 N–H and O–H groups in total. The van der Waals surface area contributed by atoms with Crippen molar-refractivity contribution in [2.24, 2.45) is 5.73 Å². The zero-order chi connectivity index (χ0) is 19.4. The molecule has 138 valence electrons. The summed E-state index contributed by atoms with van der Waals surface area (Å²) in [6.45, 7) is 1.39. The molecule has 2 aromatic rings. The van der Waals surface area contributed by atoms with Crippen molar-refractivity contribution < 1.29 is 23.9 Å². The highest BCUT2D eigenvalue weighted by Gasteiger charge is 2.24. The lowest BCUT2D eigenvalue weighted by molar-refractivity contribution is -0.123. The fraction of sp³-hybridized carbons (Fsp3) is 0.188. The largest absolute Gasteiger partial charge is 0.496 e. The first kappa shape index (κ1) is 19.5. The number of carbonyl (C=O) groups is 3. The highest BCUT2D eigenvalue weighted by Crippen LogP contribution is 2.29. The number of nitrogens with one attached hydrogen (secondary N) is 1. The van der Waals surface area contributed by atoms with Crippen LogP contribution in [0.15, 0.2) is 23.6 Å². The maximum atomic E-state index is 12.3. The molecule has 0 aliphatic heterocycles. The number of halogens is 1. The van der Waals surface area contributed by atoms with Crippen LogP contribution in [-0.2, 0) is 9.53 Å². The van der Waals surface area contributed by atoms with Crippen molar-refractivity contribution in [1.29, 1.82) is 0 Å². The highest BCUT2D eigenvalue weighted by molar-refractivity contribution is 7.14. The van der Waals surface area contributed by atoms with E-state index in [9.17, 15) is 14.4 Å². The molecule has 0 aliphatic rings. The summed E-state index contributed by atoms with van der Waals surface area (Å²) < 4.78 is 10.2. The Hall–Kier alpha value is -2.78. The van der Waals surface area contributed by atoms with Gasteiger partial charge in [-0.15, -0.1) is 11.3 Å². The molecule has 26 heavy (non-hydrogen) atoms. The monoisotopic (exact) mass is 397 g/mol. The number of thiophene rings is 1. The third kappa shape index (κ3) is 4.24. The summed E-state index contributed by atoms with van der Waals surface area (Å²) in [4.78, 5) is 35.8. The van der Waals surface area contributed by atoms with Gasteiger partial charge in [-0.1, -0.05) is 11.6 Å². The lowest BCUT2D eigenvalue weighted by Gasteiger charge is -2.15. The molecule has 8 nitrogen and oxygen atoms in total. The van der Waals surface area contributed by atoms with Gasteiger partial charge in [0.25, 0.3) is 11.8 Å². The van der Waals surface area contributed by atoms with E-state index >= 15 is 0 Å². The molecule has 2 amide bonds. The molecule has 0 aliphatic carbocycles. The van der Waals surface area contributed by atoms with Gasteiger partial charge in [-0.25, -0.2) is 4.79 Å². The van der Waals surface area contributed by atoms with Gasteiger partial charge in [-0.05, 0) is 24.4 Å². The van der Waals surface area contributed by atoms with E-state index in [2.05, 4.69) is 5.32 Å². The predicted octanol–water partition coefficient (Wildman–Crippen LogP) is 2.28. The fourth-order valence-corrected chi connectivity index (χ4v) is 2.95. The van der Waals surface area contributed by atoms with E-state index in [0.29, 0.717) is 0 Å². The Kier molecular flexibility index (Phi) is 6.06. The minimum Gasteiger partial charge on any atom is -0.496 e. The standard InChI is InChI=1S/C16H16ClN3O5S/c1-7(14(22)20-15-8(13(19)21)3-4-26-15)25-16(23)9-5-10(17)11(18)6-12(9)24-2/h3-7H,18H2,1-2H3,(H2,19,21)(H,20,22). The Bertz CT molecular complexity index is 868. The maximum Gasteiger partial charge on any atom is 0.342 e. The Balaban J connectivity index is 2.11. The Morgan fingerprint density at radius 2 is 1.96 bits per heavy atom. The molecular formula is C16H16ClN3O5S. The molecule has 0 radical (unpaired) electrons. The van der Waals surface area contributed by atoms with Crippen LogP contribution in [0, 0.1) is 0 Å². The molecule has 1 aromatic carbocycles. The topological polar surface area (TPSA) is 134 Å². The summed E-state index contributed by atoms with van der Waals surface area (Å²) in [6.07, 6.45) is -1.15. The molecule has 0 saturated carbocycles. The number of rotatable bonds is 6. The number of carbonyl (C=O) groups excluding carboxylic acids is 3. The number of esters is 1. The second kappa shape index (κ2) is 8.07. The second-order valence-corrected chi connectivity index (χ2v) is 6.46. The zero-order valence-corrected chi connectivity index (χ0v) is 15.4. The smallest absolute Gasteiger partial charge is 0.342 e. The Morgan fingerprint density at radius 3 is 2.58 bits per heavy atom. The number of hydrogen-bond acceptors (Lipinski definition) is 7. The quantitative estimate of drug-likeness (QED) is 0.505. The number of amides is 2. The molecule has 0 saturated heterocycles. The highest BCUT2D eigenvalue weighted by atomic mass is 35.5. The van der Waals surface area contributed by atoms with Gasteiger partial charge in [0.1, 0.15) is 16.3 Å². The third-order valence-corrected chi connectivity index (χ3v) is 4.52. The minimum atomic E-state index is -1.15. The molecule has 10 heteroatoms. The lowest BCUT2D eigenvalue weighted by Crippen LogP contribution is -2.30. The van der Waals surface area contributed by atoms with E-state index in [1.807, 2.05) is 0 Å². The maximum absolute atomic E-state index is 12.3. The van der Waals surface area contributed by atoms with Crippen molar-refractivity contribution in [2.45, 2.75) is 13.0 Å². The van der Waals surface area contributed by atoms with Crippen LogP contribution in [0.4, 0.5) is 10.7 Å². The van der Waals surface area contributed by atoms with Crippen LogP contribution in [-0.4, -0.2) is 31.0 Å². The number of benzene rings is 1. The number of nitrogen functional groups attached to an aromatic ring is 1. The van der Waals surface area contributed by atoms with Gasteiger partial charge < -0.3 is 26.3 Å². The number of nitrogens with two attached hydrogens (primary N) is 2. The normalized spacial score (nSPS) is 11.5. The summed E-state index contributed by atoms with van der Waals surface area (Å²) in [7, 11) is 1.36. The average Bonchev–Trinajstić information content (AvgIpc) is 3.05. The third-order valence-electron chi connectivity index (χ3n) is 3.36. The molecular weight excluding hydrogens is 382 g/mol.